The Hall–Kier alpha value is -1.45. The molecule has 0 radical (unpaired) electrons. The number of hydrogen-bond donors (Lipinski definition) is 1. The first-order valence-electron chi connectivity index (χ1n) is 7.74. The maximum Gasteiger partial charge on any atom is 0.339 e. The van der Waals surface area contributed by atoms with Gasteiger partial charge in [0.1, 0.15) is 5.82 Å². The SMILES string of the molecule is CCCc1nc(C2CCC(CC)CC2)ncc1C(=O)O. The van der Waals surface area contributed by atoms with Gasteiger partial charge in [-0.05, 0) is 38.0 Å². The molecule has 0 unspecified atom stereocenters. The molecule has 1 aliphatic carbocycles. The van der Waals surface area contributed by atoms with Gasteiger partial charge in [0.15, 0.2) is 0 Å². The lowest BCUT2D eigenvalue weighted by Gasteiger charge is -2.27. The van der Waals surface area contributed by atoms with Gasteiger partial charge in [-0.3, -0.25) is 0 Å². The summed E-state index contributed by atoms with van der Waals surface area (Å²) >= 11 is 0. The number of aromatic carboxylic acids is 1. The number of carboxylic acids is 1. The molecule has 0 saturated heterocycles. The molecule has 1 fully saturated rings. The van der Waals surface area contributed by atoms with Gasteiger partial charge in [0.05, 0.1) is 11.3 Å². The molecule has 0 amide bonds. The first-order valence-corrected chi connectivity index (χ1v) is 7.74. The van der Waals surface area contributed by atoms with Crippen molar-refractivity contribution >= 4 is 5.97 Å². The Bertz CT molecular complexity index is 466. The minimum atomic E-state index is -0.922. The van der Waals surface area contributed by atoms with Gasteiger partial charge in [0.25, 0.3) is 0 Å². The van der Waals surface area contributed by atoms with E-state index in [0.717, 1.165) is 31.0 Å². The maximum atomic E-state index is 11.2. The van der Waals surface area contributed by atoms with Crippen molar-refractivity contribution in [2.24, 2.45) is 5.92 Å². The van der Waals surface area contributed by atoms with Crippen molar-refractivity contribution in [3.05, 3.63) is 23.3 Å². The van der Waals surface area contributed by atoms with Crippen molar-refractivity contribution in [2.45, 2.75) is 64.7 Å². The van der Waals surface area contributed by atoms with Crippen LogP contribution in [0.25, 0.3) is 0 Å². The summed E-state index contributed by atoms with van der Waals surface area (Å²) < 4.78 is 0. The van der Waals surface area contributed by atoms with E-state index in [4.69, 9.17) is 0 Å². The fraction of sp³-hybridized carbons (Fsp3) is 0.688. The van der Waals surface area contributed by atoms with Crippen LogP contribution in [0, 0.1) is 5.92 Å². The molecule has 0 atom stereocenters. The van der Waals surface area contributed by atoms with E-state index >= 15 is 0 Å². The van der Waals surface area contributed by atoms with Gasteiger partial charge in [0, 0.05) is 12.1 Å². The molecule has 1 N–H and O–H groups in total. The Morgan fingerprint density at radius 2 is 2.00 bits per heavy atom. The van der Waals surface area contributed by atoms with Crippen molar-refractivity contribution < 1.29 is 9.90 Å². The van der Waals surface area contributed by atoms with E-state index in [1.165, 1.54) is 25.5 Å². The van der Waals surface area contributed by atoms with Gasteiger partial charge in [-0.25, -0.2) is 14.8 Å². The van der Waals surface area contributed by atoms with Gasteiger partial charge < -0.3 is 5.11 Å². The predicted octanol–water partition coefficient (Wildman–Crippen LogP) is 3.81. The molecule has 1 aromatic heterocycles. The number of hydrogen-bond acceptors (Lipinski definition) is 3. The summed E-state index contributed by atoms with van der Waals surface area (Å²) in [6.07, 6.45) is 9.13. The first-order chi connectivity index (χ1) is 9.65. The lowest BCUT2D eigenvalue weighted by Crippen LogP contribution is -2.17. The topological polar surface area (TPSA) is 63.1 Å². The van der Waals surface area contributed by atoms with E-state index in [1.807, 2.05) is 6.92 Å². The van der Waals surface area contributed by atoms with E-state index < -0.39 is 5.97 Å². The van der Waals surface area contributed by atoms with Crippen molar-refractivity contribution in [3.8, 4) is 0 Å². The van der Waals surface area contributed by atoms with Crippen LogP contribution in [0.2, 0.25) is 0 Å². The normalized spacial score (nSPS) is 22.7. The third-order valence-corrected chi connectivity index (χ3v) is 4.39. The number of aryl methyl sites for hydroxylation is 1. The van der Waals surface area contributed by atoms with Crippen LogP contribution in [-0.2, 0) is 6.42 Å². The highest BCUT2D eigenvalue weighted by Crippen LogP contribution is 2.35. The second-order valence-electron chi connectivity index (χ2n) is 5.77. The van der Waals surface area contributed by atoms with Crippen LogP contribution in [0.3, 0.4) is 0 Å². The summed E-state index contributed by atoms with van der Waals surface area (Å²) in [5.41, 5.74) is 0.959. The Kier molecular flexibility index (Phi) is 5.10. The van der Waals surface area contributed by atoms with Crippen LogP contribution >= 0.6 is 0 Å². The monoisotopic (exact) mass is 276 g/mol. The number of aromatic nitrogens is 2. The maximum absolute atomic E-state index is 11.2. The first kappa shape index (κ1) is 14.9. The molecule has 1 saturated carbocycles. The average molecular weight is 276 g/mol. The highest BCUT2D eigenvalue weighted by Gasteiger charge is 2.24. The molecule has 110 valence electrons. The summed E-state index contributed by atoms with van der Waals surface area (Å²) in [5, 5.41) is 9.18. The second-order valence-corrected chi connectivity index (χ2v) is 5.77. The lowest BCUT2D eigenvalue weighted by atomic mass is 9.80. The van der Waals surface area contributed by atoms with E-state index in [2.05, 4.69) is 16.9 Å². The molecule has 1 aromatic rings. The van der Waals surface area contributed by atoms with Crippen LogP contribution in [0.15, 0.2) is 6.20 Å². The van der Waals surface area contributed by atoms with Crippen molar-refractivity contribution in [3.63, 3.8) is 0 Å². The largest absolute Gasteiger partial charge is 0.478 e. The highest BCUT2D eigenvalue weighted by atomic mass is 16.4. The molecule has 1 aliphatic rings. The highest BCUT2D eigenvalue weighted by molar-refractivity contribution is 5.88. The summed E-state index contributed by atoms with van der Waals surface area (Å²) in [6.45, 7) is 4.29. The van der Waals surface area contributed by atoms with Gasteiger partial charge >= 0.3 is 5.97 Å². The molecule has 2 rings (SSSR count). The average Bonchev–Trinajstić information content (AvgIpc) is 2.47. The third-order valence-electron chi connectivity index (χ3n) is 4.39. The molecule has 1 heterocycles. The van der Waals surface area contributed by atoms with E-state index in [1.54, 1.807) is 0 Å². The van der Waals surface area contributed by atoms with Gasteiger partial charge in [-0.1, -0.05) is 26.7 Å². The lowest BCUT2D eigenvalue weighted by molar-refractivity contribution is 0.0694. The zero-order chi connectivity index (χ0) is 14.5. The minimum Gasteiger partial charge on any atom is -0.478 e. The van der Waals surface area contributed by atoms with Crippen LogP contribution in [0.1, 0.15) is 80.2 Å². The molecule has 0 aromatic carbocycles. The fourth-order valence-corrected chi connectivity index (χ4v) is 3.06. The zero-order valence-electron chi connectivity index (χ0n) is 12.4. The summed E-state index contributed by atoms with van der Waals surface area (Å²) in [4.78, 5) is 20.1. The molecular weight excluding hydrogens is 252 g/mol. The molecule has 0 bridgehead atoms. The molecule has 4 heteroatoms. The Labute approximate surface area is 120 Å². The molecule has 0 spiro atoms. The number of rotatable bonds is 5. The van der Waals surface area contributed by atoms with Crippen molar-refractivity contribution in [1.82, 2.24) is 9.97 Å². The van der Waals surface area contributed by atoms with E-state index in [-0.39, 0.29) is 5.56 Å². The Balaban J connectivity index is 2.16. The van der Waals surface area contributed by atoms with E-state index in [0.29, 0.717) is 18.0 Å². The number of carboxylic acid groups (broad SMARTS) is 1. The quantitative estimate of drug-likeness (QED) is 0.888. The molecule has 20 heavy (non-hydrogen) atoms. The molecular formula is C16H24N2O2. The zero-order valence-corrected chi connectivity index (χ0v) is 12.4. The summed E-state index contributed by atoms with van der Waals surface area (Å²) in [6, 6.07) is 0. The predicted molar refractivity (Wildman–Crippen MR) is 78.0 cm³/mol. The van der Waals surface area contributed by atoms with Gasteiger partial charge in [-0.2, -0.15) is 0 Å². The Morgan fingerprint density at radius 1 is 1.30 bits per heavy atom. The Morgan fingerprint density at radius 3 is 2.55 bits per heavy atom. The van der Waals surface area contributed by atoms with Crippen LogP contribution in [0.4, 0.5) is 0 Å². The summed E-state index contributed by atoms with van der Waals surface area (Å²) in [5.74, 6) is 1.19. The van der Waals surface area contributed by atoms with Gasteiger partial charge in [-0.15, -0.1) is 0 Å². The standard InChI is InChI=1S/C16H24N2O2/c1-3-5-14-13(16(19)20)10-17-15(18-14)12-8-6-11(4-2)7-9-12/h10-12H,3-9H2,1-2H3,(H,19,20). The number of carbonyl (C=O) groups is 1. The van der Waals surface area contributed by atoms with Crippen molar-refractivity contribution in [2.75, 3.05) is 0 Å². The minimum absolute atomic E-state index is 0.262. The number of nitrogens with zero attached hydrogens (tertiary/aromatic N) is 2. The smallest absolute Gasteiger partial charge is 0.339 e. The van der Waals surface area contributed by atoms with Crippen LogP contribution in [-0.4, -0.2) is 21.0 Å². The molecule has 0 aliphatic heterocycles. The van der Waals surface area contributed by atoms with Crippen LogP contribution in [0.5, 0.6) is 0 Å². The van der Waals surface area contributed by atoms with E-state index in [9.17, 15) is 9.90 Å². The molecule has 4 nitrogen and oxygen atoms in total. The fourth-order valence-electron chi connectivity index (χ4n) is 3.06. The second kappa shape index (κ2) is 6.82. The van der Waals surface area contributed by atoms with Gasteiger partial charge in [0.2, 0.25) is 0 Å². The third kappa shape index (κ3) is 3.35. The summed E-state index contributed by atoms with van der Waals surface area (Å²) in [7, 11) is 0. The van der Waals surface area contributed by atoms with Crippen molar-refractivity contribution in [1.29, 1.82) is 0 Å². The van der Waals surface area contributed by atoms with Crippen LogP contribution < -0.4 is 0 Å².